The van der Waals surface area contributed by atoms with Crippen LogP contribution in [0.2, 0.25) is 0 Å². The maximum atomic E-state index is 12.1. The largest absolute Gasteiger partial charge is 0.379 e. The van der Waals surface area contributed by atoms with Gasteiger partial charge in [-0.15, -0.1) is 0 Å². The van der Waals surface area contributed by atoms with Gasteiger partial charge in [0.1, 0.15) is 5.82 Å². The maximum absolute atomic E-state index is 12.1. The molecule has 1 fully saturated rings. The van der Waals surface area contributed by atoms with Gasteiger partial charge >= 0.3 is 0 Å². The number of nitrogens with zero attached hydrogens (tertiary/aromatic N) is 2. The molecule has 1 amide bonds. The van der Waals surface area contributed by atoms with E-state index in [0.717, 1.165) is 43.2 Å². The lowest BCUT2D eigenvalue weighted by molar-refractivity contribution is -0.122. The molecule has 130 valence electrons. The third-order valence-electron chi connectivity index (χ3n) is 4.52. The van der Waals surface area contributed by atoms with Gasteiger partial charge in [-0.1, -0.05) is 6.07 Å². The number of ether oxygens (including phenoxy) is 1. The van der Waals surface area contributed by atoms with Crippen molar-refractivity contribution in [3.05, 3.63) is 29.6 Å². The van der Waals surface area contributed by atoms with Gasteiger partial charge in [-0.05, 0) is 31.5 Å². The molecular weight excluding hydrogens is 304 g/mol. The Morgan fingerprint density at radius 3 is 3.00 bits per heavy atom. The highest BCUT2D eigenvalue weighted by Gasteiger charge is 2.19. The van der Waals surface area contributed by atoms with Crippen LogP contribution in [0.4, 0.5) is 0 Å². The standard InChI is InChI=1S/C18H26N4O2/c1-13-3-4-15-16(11-13)21-17(20-15)5-6-19-18(23)12-14(2)22-7-9-24-10-8-22/h3-4,11,14H,5-10,12H2,1-2H3,(H,19,23)(H,20,21)/t14-/m1/s1. The zero-order valence-electron chi connectivity index (χ0n) is 14.5. The van der Waals surface area contributed by atoms with Gasteiger partial charge in [0.15, 0.2) is 0 Å². The van der Waals surface area contributed by atoms with Gasteiger partial charge in [0, 0.05) is 38.5 Å². The minimum atomic E-state index is 0.0981. The van der Waals surface area contributed by atoms with Crippen molar-refractivity contribution < 1.29 is 9.53 Å². The Balaban J connectivity index is 1.43. The van der Waals surface area contributed by atoms with E-state index >= 15 is 0 Å². The Kier molecular flexibility index (Phi) is 5.48. The molecule has 1 saturated heterocycles. The number of fused-ring (bicyclic) bond motifs is 1. The third-order valence-corrected chi connectivity index (χ3v) is 4.52. The summed E-state index contributed by atoms with van der Waals surface area (Å²) in [5.74, 6) is 1.01. The van der Waals surface area contributed by atoms with E-state index < -0.39 is 0 Å². The first-order valence-electron chi connectivity index (χ1n) is 8.65. The molecule has 6 heteroatoms. The number of aromatic nitrogens is 2. The molecule has 1 atom stereocenters. The molecule has 1 aromatic carbocycles. The maximum Gasteiger partial charge on any atom is 0.221 e. The third kappa shape index (κ3) is 4.33. The van der Waals surface area contributed by atoms with Crippen LogP contribution in [-0.4, -0.2) is 59.7 Å². The molecule has 24 heavy (non-hydrogen) atoms. The average molecular weight is 330 g/mol. The molecule has 2 heterocycles. The molecule has 0 unspecified atom stereocenters. The smallest absolute Gasteiger partial charge is 0.221 e. The van der Waals surface area contributed by atoms with Gasteiger partial charge in [0.25, 0.3) is 0 Å². The summed E-state index contributed by atoms with van der Waals surface area (Å²) in [5.41, 5.74) is 3.24. The molecule has 1 aromatic heterocycles. The number of H-pyrrole nitrogens is 1. The number of imidazole rings is 1. The Labute approximate surface area is 142 Å². The number of amides is 1. The molecule has 0 spiro atoms. The van der Waals surface area contributed by atoms with Gasteiger partial charge in [-0.3, -0.25) is 9.69 Å². The summed E-state index contributed by atoms with van der Waals surface area (Å²) in [7, 11) is 0. The van der Waals surface area contributed by atoms with Gasteiger partial charge < -0.3 is 15.0 Å². The van der Waals surface area contributed by atoms with Crippen LogP contribution < -0.4 is 5.32 Å². The summed E-state index contributed by atoms with van der Waals surface area (Å²) in [6.45, 7) is 8.12. The number of rotatable bonds is 6. The molecule has 0 aliphatic carbocycles. The van der Waals surface area contributed by atoms with Gasteiger partial charge in [0.05, 0.1) is 24.2 Å². The van der Waals surface area contributed by atoms with Gasteiger partial charge in [-0.25, -0.2) is 4.98 Å². The summed E-state index contributed by atoms with van der Waals surface area (Å²) in [6, 6.07) is 6.42. The monoisotopic (exact) mass is 330 g/mol. The summed E-state index contributed by atoms with van der Waals surface area (Å²) in [6.07, 6.45) is 1.24. The zero-order valence-corrected chi connectivity index (χ0v) is 14.5. The molecule has 1 aliphatic heterocycles. The fourth-order valence-electron chi connectivity index (χ4n) is 3.10. The van der Waals surface area contributed by atoms with E-state index in [1.165, 1.54) is 5.56 Å². The highest BCUT2D eigenvalue weighted by atomic mass is 16.5. The fourth-order valence-corrected chi connectivity index (χ4v) is 3.10. The SMILES string of the molecule is Cc1ccc2nc(CCNC(=O)C[C@@H](C)N3CCOCC3)[nH]c2c1. The molecule has 2 aromatic rings. The van der Waals surface area contributed by atoms with Gasteiger partial charge in [0.2, 0.25) is 5.91 Å². The summed E-state index contributed by atoms with van der Waals surface area (Å²) in [5, 5.41) is 3.00. The first-order chi connectivity index (χ1) is 11.6. The normalized spacial score (nSPS) is 17.1. The number of benzene rings is 1. The van der Waals surface area contributed by atoms with E-state index in [1.807, 2.05) is 6.07 Å². The molecule has 3 rings (SSSR count). The van der Waals surface area contributed by atoms with Crippen LogP contribution in [0.3, 0.4) is 0 Å². The van der Waals surface area contributed by atoms with E-state index in [2.05, 4.69) is 46.2 Å². The van der Waals surface area contributed by atoms with E-state index in [-0.39, 0.29) is 11.9 Å². The van der Waals surface area contributed by atoms with Crippen LogP contribution in [0.5, 0.6) is 0 Å². The van der Waals surface area contributed by atoms with Crippen molar-refractivity contribution in [1.82, 2.24) is 20.2 Å². The highest BCUT2D eigenvalue weighted by Crippen LogP contribution is 2.13. The Bertz CT molecular complexity index is 691. The van der Waals surface area contributed by atoms with E-state index in [1.54, 1.807) is 0 Å². The van der Waals surface area contributed by atoms with Crippen LogP contribution in [0.25, 0.3) is 11.0 Å². The van der Waals surface area contributed by atoms with Crippen molar-refractivity contribution >= 4 is 16.9 Å². The van der Waals surface area contributed by atoms with Crippen molar-refractivity contribution in [2.24, 2.45) is 0 Å². The quantitative estimate of drug-likeness (QED) is 0.845. The van der Waals surface area contributed by atoms with E-state index in [0.29, 0.717) is 19.4 Å². The number of hydrogen-bond donors (Lipinski definition) is 2. The average Bonchev–Trinajstić information content (AvgIpc) is 2.97. The first-order valence-corrected chi connectivity index (χ1v) is 8.65. The lowest BCUT2D eigenvalue weighted by Crippen LogP contribution is -2.44. The second-order valence-corrected chi connectivity index (χ2v) is 6.51. The summed E-state index contributed by atoms with van der Waals surface area (Å²) < 4.78 is 5.35. The number of carbonyl (C=O) groups excluding carboxylic acids is 1. The minimum Gasteiger partial charge on any atom is -0.379 e. The molecule has 0 bridgehead atoms. The lowest BCUT2D eigenvalue weighted by atomic mass is 10.2. The van der Waals surface area contributed by atoms with E-state index in [4.69, 9.17) is 4.74 Å². The number of aryl methyl sites for hydroxylation is 1. The van der Waals surface area contributed by atoms with Crippen molar-refractivity contribution in [1.29, 1.82) is 0 Å². The topological polar surface area (TPSA) is 70.2 Å². The highest BCUT2D eigenvalue weighted by molar-refractivity contribution is 5.77. The predicted molar refractivity (Wildman–Crippen MR) is 94.0 cm³/mol. The molecule has 6 nitrogen and oxygen atoms in total. The molecular formula is C18H26N4O2. The van der Waals surface area contributed by atoms with Crippen LogP contribution in [0, 0.1) is 6.92 Å². The van der Waals surface area contributed by atoms with Crippen molar-refractivity contribution in [2.45, 2.75) is 32.7 Å². The number of aromatic amines is 1. The second-order valence-electron chi connectivity index (χ2n) is 6.51. The first kappa shape index (κ1) is 16.9. The van der Waals surface area contributed by atoms with Gasteiger partial charge in [-0.2, -0.15) is 0 Å². The van der Waals surface area contributed by atoms with Crippen LogP contribution >= 0.6 is 0 Å². The van der Waals surface area contributed by atoms with Crippen LogP contribution in [0.15, 0.2) is 18.2 Å². The lowest BCUT2D eigenvalue weighted by Gasteiger charge is -2.31. The zero-order chi connectivity index (χ0) is 16.9. The number of carbonyl (C=O) groups is 1. The molecule has 2 N–H and O–H groups in total. The fraction of sp³-hybridized carbons (Fsp3) is 0.556. The predicted octanol–water partition coefficient (Wildman–Crippen LogP) is 1.64. The number of morpholine rings is 1. The molecule has 1 aliphatic rings. The van der Waals surface area contributed by atoms with Crippen molar-refractivity contribution in [3.63, 3.8) is 0 Å². The number of nitrogens with one attached hydrogen (secondary N) is 2. The Morgan fingerprint density at radius 1 is 1.42 bits per heavy atom. The minimum absolute atomic E-state index is 0.0981. The summed E-state index contributed by atoms with van der Waals surface area (Å²) >= 11 is 0. The Hall–Kier alpha value is -1.92. The summed E-state index contributed by atoms with van der Waals surface area (Å²) in [4.78, 5) is 22.3. The Morgan fingerprint density at radius 2 is 2.21 bits per heavy atom. The van der Waals surface area contributed by atoms with Crippen molar-refractivity contribution in [3.8, 4) is 0 Å². The van der Waals surface area contributed by atoms with Crippen molar-refractivity contribution in [2.75, 3.05) is 32.8 Å². The van der Waals surface area contributed by atoms with Crippen LogP contribution in [-0.2, 0) is 16.0 Å². The number of hydrogen-bond acceptors (Lipinski definition) is 4. The van der Waals surface area contributed by atoms with Crippen LogP contribution in [0.1, 0.15) is 24.7 Å². The van der Waals surface area contributed by atoms with E-state index in [9.17, 15) is 4.79 Å². The molecule has 0 saturated carbocycles. The molecule has 0 radical (unpaired) electrons. The second kappa shape index (κ2) is 7.77.